The highest BCUT2D eigenvalue weighted by Gasteiger charge is 2.03. The molecule has 0 aromatic rings. The van der Waals surface area contributed by atoms with Gasteiger partial charge in [0.2, 0.25) is 0 Å². The average molecular weight is 191 g/mol. The molecule has 12 heavy (non-hydrogen) atoms. The lowest BCUT2D eigenvalue weighted by atomic mass is 10.5. The number of alkyl carbamates (subject to hydrolysis) is 1. The third-order valence-electron chi connectivity index (χ3n) is 0.917. The largest absolute Gasteiger partial charge is 0.471 e. The normalized spacial score (nSPS) is 8.83. The Morgan fingerprint density at radius 3 is 2.58 bits per heavy atom. The van der Waals surface area contributed by atoms with E-state index in [1.165, 1.54) is 0 Å². The molecule has 0 saturated heterocycles. The standard InChI is InChI=1S/C7H13NO3S/c1-3-5-11-7(12)8-6(9)10-4-2/h3-5H2,1-2H3,(H,8,9,12). The number of rotatable bonds is 3. The fraction of sp³-hybridized carbons (Fsp3) is 0.714. The summed E-state index contributed by atoms with van der Waals surface area (Å²) in [6, 6.07) is 0. The average Bonchev–Trinajstić information content (AvgIpc) is 2.01. The van der Waals surface area contributed by atoms with Crippen molar-refractivity contribution in [3.05, 3.63) is 0 Å². The fourth-order valence-electron chi connectivity index (χ4n) is 0.481. The molecule has 0 fully saturated rings. The molecule has 0 aliphatic carbocycles. The quantitative estimate of drug-likeness (QED) is 0.686. The molecule has 0 rings (SSSR count). The van der Waals surface area contributed by atoms with Gasteiger partial charge in [0.15, 0.2) is 0 Å². The molecule has 0 aliphatic rings. The molecule has 0 unspecified atom stereocenters. The van der Waals surface area contributed by atoms with Gasteiger partial charge in [-0.3, -0.25) is 5.32 Å². The van der Waals surface area contributed by atoms with Crippen LogP contribution in [-0.2, 0) is 9.47 Å². The molecule has 1 N–H and O–H groups in total. The zero-order valence-corrected chi connectivity index (χ0v) is 8.07. The van der Waals surface area contributed by atoms with Crippen LogP contribution >= 0.6 is 12.2 Å². The lowest BCUT2D eigenvalue weighted by molar-refractivity contribution is 0.154. The van der Waals surface area contributed by atoms with Crippen molar-refractivity contribution in [3.8, 4) is 0 Å². The molecule has 4 nitrogen and oxygen atoms in total. The first-order valence-corrected chi connectivity index (χ1v) is 4.22. The number of carbonyl (C=O) groups is 1. The number of thiocarbonyl (C=S) groups is 1. The van der Waals surface area contributed by atoms with Crippen LogP contribution in [0, 0.1) is 0 Å². The monoisotopic (exact) mass is 191 g/mol. The van der Waals surface area contributed by atoms with Gasteiger partial charge in [-0.1, -0.05) is 6.92 Å². The smallest absolute Gasteiger partial charge is 0.414 e. The van der Waals surface area contributed by atoms with Crippen molar-refractivity contribution in [2.24, 2.45) is 0 Å². The van der Waals surface area contributed by atoms with E-state index in [4.69, 9.17) is 4.74 Å². The van der Waals surface area contributed by atoms with Crippen LogP contribution in [0.3, 0.4) is 0 Å². The fourth-order valence-corrected chi connectivity index (χ4v) is 0.648. The van der Waals surface area contributed by atoms with Crippen LogP contribution in [0.5, 0.6) is 0 Å². The van der Waals surface area contributed by atoms with Crippen LogP contribution in [0.1, 0.15) is 20.3 Å². The molecule has 0 aromatic heterocycles. The predicted molar refractivity (Wildman–Crippen MR) is 49.0 cm³/mol. The minimum Gasteiger partial charge on any atom is -0.471 e. The lowest BCUT2D eigenvalue weighted by Gasteiger charge is -2.06. The highest BCUT2D eigenvalue weighted by molar-refractivity contribution is 7.80. The van der Waals surface area contributed by atoms with E-state index in [2.05, 4.69) is 22.3 Å². The molecule has 0 spiro atoms. The maximum absolute atomic E-state index is 10.7. The van der Waals surface area contributed by atoms with Gasteiger partial charge < -0.3 is 9.47 Å². The van der Waals surface area contributed by atoms with E-state index in [-0.39, 0.29) is 5.17 Å². The Bertz CT molecular complexity index is 161. The van der Waals surface area contributed by atoms with Crippen LogP contribution in [0.4, 0.5) is 4.79 Å². The van der Waals surface area contributed by atoms with Gasteiger partial charge in [-0.15, -0.1) is 0 Å². The summed E-state index contributed by atoms with van der Waals surface area (Å²) in [5.74, 6) is 0. The maximum Gasteiger partial charge on any atom is 0.414 e. The van der Waals surface area contributed by atoms with E-state index < -0.39 is 6.09 Å². The van der Waals surface area contributed by atoms with Crippen LogP contribution < -0.4 is 5.32 Å². The summed E-state index contributed by atoms with van der Waals surface area (Å²) in [7, 11) is 0. The van der Waals surface area contributed by atoms with Crippen LogP contribution in [-0.4, -0.2) is 24.5 Å². The van der Waals surface area contributed by atoms with E-state index >= 15 is 0 Å². The molecule has 0 radical (unpaired) electrons. The van der Waals surface area contributed by atoms with Crippen molar-refractivity contribution >= 4 is 23.5 Å². The van der Waals surface area contributed by atoms with Crippen molar-refractivity contribution in [1.29, 1.82) is 0 Å². The van der Waals surface area contributed by atoms with Gasteiger partial charge in [-0.2, -0.15) is 0 Å². The van der Waals surface area contributed by atoms with Crippen molar-refractivity contribution in [2.45, 2.75) is 20.3 Å². The molecule has 0 heterocycles. The Labute approximate surface area is 77.2 Å². The first-order valence-electron chi connectivity index (χ1n) is 3.81. The number of hydrogen-bond acceptors (Lipinski definition) is 4. The van der Waals surface area contributed by atoms with Crippen LogP contribution in [0.15, 0.2) is 0 Å². The van der Waals surface area contributed by atoms with Gasteiger partial charge in [0.1, 0.15) is 0 Å². The number of nitrogens with one attached hydrogen (secondary N) is 1. The van der Waals surface area contributed by atoms with Gasteiger partial charge in [0.05, 0.1) is 13.2 Å². The summed E-state index contributed by atoms with van der Waals surface area (Å²) < 4.78 is 9.50. The first-order chi connectivity index (χ1) is 5.70. The van der Waals surface area contributed by atoms with Crippen molar-refractivity contribution < 1.29 is 14.3 Å². The number of ether oxygens (including phenoxy) is 2. The Morgan fingerprint density at radius 1 is 1.42 bits per heavy atom. The lowest BCUT2D eigenvalue weighted by Crippen LogP contribution is -2.31. The zero-order chi connectivity index (χ0) is 9.40. The van der Waals surface area contributed by atoms with Crippen LogP contribution in [0.25, 0.3) is 0 Å². The summed E-state index contributed by atoms with van der Waals surface area (Å²) in [4.78, 5) is 10.7. The molecule has 0 saturated carbocycles. The van der Waals surface area contributed by atoms with Crippen molar-refractivity contribution in [1.82, 2.24) is 5.32 Å². The van der Waals surface area contributed by atoms with E-state index in [1.54, 1.807) is 6.92 Å². The summed E-state index contributed by atoms with van der Waals surface area (Å²) in [5, 5.41) is 2.33. The Morgan fingerprint density at radius 2 is 2.08 bits per heavy atom. The predicted octanol–water partition coefficient (Wildman–Crippen LogP) is 1.44. The Balaban J connectivity index is 3.47. The highest BCUT2D eigenvalue weighted by Crippen LogP contribution is 1.84. The van der Waals surface area contributed by atoms with E-state index in [9.17, 15) is 4.79 Å². The summed E-state index contributed by atoms with van der Waals surface area (Å²) in [5.41, 5.74) is 0. The van der Waals surface area contributed by atoms with E-state index in [0.29, 0.717) is 13.2 Å². The van der Waals surface area contributed by atoms with E-state index in [1.807, 2.05) is 6.92 Å². The summed E-state index contributed by atoms with van der Waals surface area (Å²) in [6.07, 6.45) is 0.281. The minimum atomic E-state index is -0.571. The summed E-state index contributed by atoms with van der Waals surface area (Å²) >= 11 is 4.68. The van der Waals surface area contributed by atoms with Crippen molar-refractivity contribution in [2.75, 3.05) is 13.2 Å². The Kier molecular flexibility index (Phi) is 6.37. The molecule has 0 bridgehead atoms. The SMILES string of the molecule is CCCOC(=S)NC(=O)OCC. The van der Waals surface area contributed by atoms with Gasteiger partial charge >= 0.3 is 6.09 Å². The first kappa shape index (κ1) is 11.2. The van der Waals surface area contributed by atoms with Crippen molar-refractivity contribution in [3.63, 3.8) is 0 Å². The molecule has 5 heteroatoms. The second-order valence-electron chi connectivity index (χ2n) is 1.98. The second kappa shape index (κ2) is 6.84. The zero-order valence-electron chi connectivity index (χ0n) is 7.25. The third-order valence-corrected chi connectivity index (χ3v) is 1.14. The van der Waals surface area contributed by atoms with Gasteiger partial charge in [0.25, 0.3) is 5.17 Å². The third kappa shape index (κ3) is 5.91. The number of hydrogen-bond donors (Lipinski definition) is 1. The summed E-state index contributed by atoms with van der Waals surface area (Å²) in [6.45, 7) is 4.50. The van der Waals surface area contributed by atoms with Crippen LogP contribution in [0.2, 0.25) is 0 Å². The van der Waals surface area contributed by atoms with Gasteiger partial charge in [-0.05, 0) is 25.6 Å². The molecular weight excluding hydrogens is 178 g/mol. The Hall–Kier alpha value is -0.840. The maximum atomic E-state index is 10.7. The molecule has 1 amide bonds. The minimum absolute atomic E-state index is 0.0651. The number of amides is 1. The van der Waals surface area contributed by atoms with E-state index in [0.717, 1.165) is 6.42 Å². The second-order valence-corrected chi connectivity index (χ2v) is 2.35. The molecular formula is C7H13NO3S. The molecule has 70 valence electrons. The van der Waals surface area contributed by atoms with Gasteiger partial charge in [0, 0.05) is 0 Å². The number of carbonyl (C=O) groups excluding carboxylic acids is 1. The molecule has 0 aromatic carbocycles. The molecule has 0 aliphatic heterocycles. The highest BCUT2D eigenvalue weighted by atomic mass is 32.1. The topological polar surface area (TPSA) is 47.6 Å². The van der Waals surface area contributed by atoms with Gasteiger partial charge in [-0.25, -0.2) is 4.79 Å². The molecule has 0 atom stereocenters.